The molecule has 0 fully saturated rings. The summed E-state index contributed by atoms with van der Waals surface area (Å²) in [4.78, 5) is 14.2. The molecule has 0 spiro atoms. The molecule has 1 aliphatic rings. The van der Waals surface area contributed by atoms with E-state index < -0.39 is 0 Å². The molecule has 0 bridgehead atoms. The van der Waals surface area contributed by atoms with Crippen LogP contribution in [-0.2, 0) is 17.8 Å². The van der Waals surface area contributed by atoms with Gasteiger partial charge in [0.2, 0.25) is 5.91 Å². The maximum absolute atomic E-state index is 12.2. The second-order valence-corrected chi connectivity index (χ2v) is 5.71. The van der Waals surface area contributed by atoms with E-state index in [2.05, 4.69) is 13.0 Å². The van der Waals surface area contributed by atoms with Gasteiger partial charge >= 0.3 is 0 Å². The van der Waals surface area contributed by atoms with Crippen LogP contribution in [0.4, 0.5) is 5.69 Å². The molecule has 0 aliphatic carbocycles. The Morgan fingerprint density at radius 3 is 2.85 bits per heavy atom. The average molecular weight is 274 g/mol. The van der Waals surface area contributed by atoms with E-state index in [1.165, 1.54) is 36.8 Å². The first-order valence-corrected chi connectivity index (χ1v) is 7.86. The Morgan fingerprint density at radius 2 is 2.05 bits per heavy atom. The lowest BCUT2D eigenvalue weighted by atomic mass is 9.97. The van der Waals surface area contributed by atoms with Gasteiger partial charge in [0.05, 0.1) is 0 Å². The molecule has 2 rings (SSSR count). The Morgan fingerprint density at radius 1 is 1.25 bits per heavy atom. The number of hydrogen-bond acceptors (Lipinski definition) is 2. The Hall–Kier alpha value is -1.51. The van der Waals surface area contributed by atoms with Gasteiger partial charge in [0, 0.05) is 25.2 Å². The molecule has 1 aromatic rings. The number of carbonyl (C=O) groups is 1. The third-order valence-electron chi connectivity index (χ3n) is 4.15. The lowest BCUT2D eigenvalue weighted by Gasteiger charge is -2.29. The van der Waals surface area contributed by atoms with Crippen molar-refractivity contribution in [1.82, 2.24) is 4.90 Å². The fourth-order valence-corrected chi connectivity index (χ4v) is 2.89. The van der Waals surface area contributed by atoms with Gasteiger partial charge in [-0.3, -0.25) is 4.79 Å². The minimum absolute atomic E-state index is 0.301. The van der Waals surface area contributed by atoms with E-state index >= 15 is 0 Å². The fourth-order valence-electron chi connectivity index (χ4n) is 2.89. The van der Waals surface area contributed by atoms with Gasteiger partial charge in [-0.05, 0) is 30.0 Å². The van der Waals surface area contributed by atoms with Gasteiger partial charge < -0.3 is 10.6 Å². The van der Waals surface area contributed by atoms with Crippen molar-refractivity contribution < 1.29 is 4.79 Å². The van der Waals surface area contributed by atoms with Gasteiger partial charge in [0.15, 0.2) is 0 Å². The minimum Gasteiger partial charge on any atom is -0.398 e. The Balaban J connectivity index is 1.81. The van der Waals surface area contributed by atoms with Crippen LogP contribution in [-0.4, -0.2) is 17.4 Å². The van der Waals surface area contributed by atoms with E-state index in [1.807, 2.05) is 17.0 Å². The third-order valence-corrected chi connectivity index (χ3v) is 4.15. The lowest BCUT2D eigenvalue weighted by molar-refractivity contribution is -0.132. The molecule has 1 amide bonds. The quantitative estimate of drug-likeness (QED) is 0.637. The van der Waals surface area contributed by atoms with E-state index in [-0.39, 0.29) is 0 Å². The highest BCUT2D eigenvalue weighted by molar-refractivity contribution is 5.76. The zero-order chi connectivity index (χ0) is 14.4. The summed E-state index contributed by atoms with van der Waals surface area (Å²) >= 11 is 0. The van der Waals surface area contributed by atoms with Crippen molar-refractivity contribution in [3.8, 4) is 0 Å². The number of hydrogen-bond donors (Lipinski definition) is 1. The van der Waals surface area contributed by atoms with Crippen molar-refractivity contribution in [2.24, 2.45) is 0 Å². The van der Waals surface area contributed by atoms with E-state index in [1.54, 1.807) is 0 Å². The maximum atomic E-state index is 12.2. The minimum atomic E-state index is 0.301. The van der Waals surface area contributed by atoms with Crippen LogP contribution in [0.1, 0.15) is 56.6 Å². The number of nitrogens with two attached hydrogens (primary N) is 1. The van der Waals surface area contributed by atoms with Gasteiger partial charge in [0.1, 0.15) is 0 Å². The molecule has 0 unspecified atom stereocenters. The molecule has 3 nitrogen and oxygen atoms in total. The maximum Gasteiger partial charge on any atom is 0.222 e. The third kappa shape index (κ3) is 3.75. The average Bonchev–Trinajstić information content (AvgIpc) is 2.47. The molecule has 0 atom stereocenters. The van der Waals surface area contributed by atoms with Gasteiger partial charge in [-0.25, -0.2) is 0 Å². The molecule has 0 radical (unpaired) electrons. The topological polar surface area (TPSA) is 46.3 Å². The largest absolute Gasteiger partial charge is 0.398 e. The molecule has 1 aromatic carbocycles. The van der Waals surface area contributed by atoms with E-state index in [0.717, 1.165) is 31.6 Å². The normalized spacial score (nSPS) is 14.2. The Labute approximate surface area is 122 Å². The van der Waals surface area contributed by atoms with E-state index in [4.69, 9.17) is 5.73 Å². The van der Waals surface area contributed by atoms with Crippen LogP contribution in [0.2, 0.25) is 0 Å². The molecule has 2 N–H and O–H groups in total. The summed E-state index contributed by atoms with van der Waals surface area (Å²) < 4.78 is 0. The SMILES string of the molecule is CCCCCCCC(=O)N1CCc2c(N)cccc2C1. The van der Waals surface area contributed by atoms with Crippen LogP contribution >= 0.6 is 0 Å². The zero-order valence-corrected chi connectivity index (χ0v) is 12.5. The highest BCUT2D eigenvalue weighted by Gasteiger charge is 2.21. The van der Waals surface area contributed by atoms with Gasteiger partial charge in [0.25, 0.3) is 0 Å². The predicted octanol–water partition coefficient (Wildman–Crippen LogP) is 3.51. The molecule has 3 heteroatoms. The number of nitrogen functional groups attached to an aromatic ring is 1. The molecule has 0 saturated heterocycles. The van der Waals surface area contributed by atoms with Crippen molar-refractivity contribution in [3.63, 3.8) is 0 Å². The van der Waals surface area contributed by atoms with Crippen LogP contribution in [0, 0.1) is 0 Å². The van der Waals surface area contributed by atoms with Crippen molar-refractivity contribution in [2.75, 3.05) is 12.3 Å². The first-order chi connectivity index (χ1) is 9.72. The number of carbonyl (C=O) groups excluding carboxylic acids is 1. The van der Waals surface area contributed by atoms with Crippen LogP contribution in [0.25, 0.3) is 0 Å². The summed E-state index contributed by atoms with van der Waals surface area (Å²) in [6, 6.07) is 6.02. The highest BCUT2D eigenvalue weighted by Crippen LogP contribution is 2.24. The summed E-state index contributed by atoms with van der Waals surface area (Å²) in [6.45, 7) is 3.76. The number of nitrogens with zero attached hydrogens (tertiary/aromatic N) is 1. The number of unbranched alkanes of at least 4 members (excludes halogenated alkanes) is 4. The summed E-state index contributed by atoms with van der Waals surface area (Å²) in [5.41, 5.74) is 9.31. The number of rotatable bonds is 6. The van der Waals surface area contributed by atoms with Crippen molar-refractivity contribution in [1.29, 1.82) is 0 Å². The Bertz CT molecular complexity index is 456. The first kappa shape index (κ1) is 14.9. The Kier molecular flexibility index (Phi) is 5.45. The summed E-state index contributed by atoms with van der Waals surface area (Å²) in [6.07, 6.45) is 7.58. The van der Waals surface area contributed by atoms with Gasteiger partial charge in [-0.2, -0.15) is 0 Å². The van der Waals surface area contributed by atoms with Crippen molar-refractivity contribution >= 4 is 11.6 Å². The molecule has 0 aromatic heterocycles. The number of benzene rings is 1. The molecular weight excluding hydrogens is 248 g/mol. The fraction of sp³-hybridized carbons (Fsp3) is 0.588. The molecule has 0 saturated carbocycles. The summed E-state index contributed by atoms with van der Waals surface area (Å²) in [5.74, 6) is 0.301. The molecule has 110 valence electrons. The molecule has 1 aliphatic heterocycles. The lowest BCUT2D eigenvalue weighted by Crippen LogP contribution is -2.36. The number of fused-ring (bicyclic) bond motifs is 1. The van der Waals surface area contributed by atoms with Crippen LogP contribution < -0.4 is 5.73 Å². The van der Waals surface area contributed by atoms with Crippen LogP contribution in [0.5, 0.6) is 0 Å². The number of anilines is 1. The zero-order valence-electron chi connectivity index (χ0n) is 12.5. The van der Waals surface area contributed by atoms with Crippen LogP contribution in [0.15, 0.2) is 18.2 Å². The van der Waals surface area contributed by atoms with Crippen LogP contribution in [0.3, 0.4) is 0 Å². The van der Waals surface area contributed by atoms with Gasteiger partial charge in [-0.15, -0.1) is 0 Å². The molecular formula is C17H26N2O. The smallest absolute Gasteiger partial charge is 0.222 e. The summed E-state index contributed by atoms with van der Waals surface area (Å²) in [7, 11) is 0. The van der Waals surface area contributed by atoms with E-state index in [9.17, 15) is 4.79 Å². The molecule has 20 heavy (non-hydrogen) atoms. The first-order valence-electron chi connectivity index (χ1n) is 7.86. The second-order valence-electron chi connectivity index (χ2n) is 5.71. The predicted molar refractivity (Wildman–Crippen MR) is 83.4 cm³/mol. The number of amides is 1. The monoisotopic (exact) mass is 274 g/mol. The van der Waals surface area contributed by atoms with Crippen molar-refractivity contribution in [3.05, 3.63) is 29.3 Å². The molecule has 1 heterocycles. The van der Waals surface area contributed by atoms with Crippen molar-refractivity contribution in [2.45, 2.75) is 58.4 Å². The standard InChI is InChI=1S/C17H26N2O/c1-2-3-4-5-6-10-17(20)19-12-11-15-14(13-19)8-7-9-16(15)18/h7-9H,2-6,10-13,18H2,1H3. The second kappa shape index (κ2) is 7.32. The highest BCUT2D eigenvalue weighted by atomic mass is 16.2. The van der Waals surface area contributed by atoms with E-state index in [0.29, 0.717) is 12.3 Å². The van der Waals surface area contributed by atoms with Gasteiger partial charge in [-0.1, -0.05) is 44.7 Å². The summed E-state index contributed by atoms with van der Waals surface area (Å²) in [5, 5.41) is 0.